The summed E-state index contributed by atoms with van der Waals surface area (Å²) >= 11 is 0. The molecule has 1 heterocycles. The van der Waals surface area contributed by atoms with Gasteiger partial charge in [-0.15, -0.1) is 0 Å². The van der Waals surface area contributed by atoms with E-state index in [-0.39, 0.29) is 11.7 Å². The van der Waals surface area contributed by atoms with Crippen LogP contribution in [0.2, 0.25) is 0 Å². The largest absolute Gasteiger partial charge is 0.489 e. The Bertz CT molecular complexity index is 951. The van der Waals surface area contributed by atoms with Crippen molar-refractivity contribution in [1.82, 2.24) is 9.80 Å². The van der Waals surface area contributed by atoms with E-state index in [1.54, 1.807) is 12.1 Å². The van der Waals surface area contributed by atoms with E-state index in [1.165, 1.54) is 11.8 Å². The molecule has 0 aliphatic carbocycles. The van der Waals surface area contributed by atoms with Gasteiger partial charge in [-0.05, 0) is 30.7 Å². The fourth-order valence-corrected chi connectivity index (χ4v) is 3.93. The van der Waals surface area contributed by atoms with Crippen molar-refractivity contribution in [1.29, 1.82) is 0 Å². The summed E-state index contributed by atoms with van der Waals surface area (Å²) in [5.74, 6) is 0.805. The average Bonchev–Trinajstić information content (AvgIpc) is 2.70. The summed E-state index contributed by atoms with van der Waals surface area (Å²) < 4.78 is 28.5. The minimum Gasteiger partial charge on any atom is -0.489 e. The molecule has 1 aliphatic rings. The van der Waals surface area contributed by atoms with Gasteiger partial charge in [0.05, 0.1) is 5.75 Å². The standard InChI is InChI=1S/C22H28N2O4S/c1-18-5-3-6-19(15-18)17-28-21-8-4-7-20(16-21)22(25)24-11-9-23(10-12-24)13-14-29(2,26)27/h3-8,15-16H,9-14,17H2,1-2H3. The summed E-state index contributed by atoms with van der Waals surface area (Å²) in [6.07, 6.45) is 1.25. The molecule has 0 bridgehead atoms. The topological polar surface area (TPSA) is 66.9 Å². The van der Waals surface area contributed by atoms with Crippen LogP contribution < -0.4 is 4.74 Å². The molecule has 0 aromatic heterocycles. The van der Waals surface area contributed by atoms with Crippen molar-refractivity contribution in [2.75, 3.05) is 44.7 Å². The molecule has 0 saturated carbocycles. The van der Waals surface area contributed by atoms with E-state index < -0.39 is 9.84 Å². The zero-order valence-electron chi connectivity index (χ0n) is 17.0. The first-order valence-corrected chi connectivity index (χ1v) is 11.8. The number of hydrogen-bond acceptors (Lipinski definition) is 5. The summed E-state index contributed by atoms with van der Waals surface area (Å²) in [7, 11) is -2.97. The molecule has 0 atom stereocenters. The van der Waals surface area contributed by atoms with E-state index in [0.717, 1.165) is 5.56 Å². The third kappa shape index (κ3) is 6.58. The van der Waals surface area contributed by atoms with E-state index in [4.69, 9.17) is 4.74 Å². The lowest BCUT2D eigenvalue weighted by Crippen LogP contribution is -2.49. The lowest BCUT2D eigenvalue weighted by molar-refractivity contribution is 0.0643. The minimum absolute atomic E-state index is 0.0197. The van der Waals surface area contributed by atoms with Crippen molar-refractivity contribution in [2.45, 2.75) is 13.5 Å². The number of amides is 1. The van der Waals surface area contributed by atoms with Gasteiger partial charge in [0.15, 0.2) is 0 Å². The van der Waals surface area contributed by atoms with Crippen molar-refractivity contribution in [2.24, 2.45) is 0 Å². The molecule has 7 heteroatoms. The Morgan fingerprint density at radius 1 is 1.03 bits per heavy atom. The average molecular weight is 417 g/mol. The van der Waals surface area contributed by atoms with Gasteiger partial charge in [0.1, 0.15) is 22.2 Å². The quantitative estimate of drug-likeness (QED) is 0.693. The van der Waals surface area contributed by atoms with E-state index in [1.807, 2.05) is 42.2 Å². The van der Waals surface area contributed by atoms with Gasteiger partial charge < -0.3 is 9.64 Å². The van der Waals surface area contributed by atoms with E-state index in [0.29, 0.717) is 50.6 Å². The van der Waals surface area contributed by atoms with Gasteiger partial charge in [-0.2, -0.15) is 0 Å². The second-order valence-corrected chi connectivity index (χ2v) is 9.83. The maximum absolute atomic E-state index is 12.9. The molecule has 6 nitrogen and oxygen atoms in total. The van der Waals surface area contributed by atoms with Gasteiger partial charge in [-0.1, -0.05) is 35.9 Å². The maximum Gasteiger partial charge on any atom is 0.254 e. The highest BCUT2D eigenvalue weighted by molar-refractivity contribution is 7.90. The number of nitrogens with zero attached hydrogens (tertiary/aromatic N) is 2. The second kappa shape index (κ2) is 9.41. The van der Waals surface area contributed by atoms with Crippen LogP contribution in [0.4, 0.5) is 0 Å². The van der Waals surface area contributed by atoms with E-state index in [9.17, 15) is 13.2 Å². The summed E-state index contributed by atoms with van der Waals surface area (Å²) in [6, 6.07) is 15.4. The molecule has 0 unspecified atom stereocenters. The van der Waals surface area contributed by atoms with Gasteiger partial charge in [0, 0.05) is 44.5 Å². The van der Waals surface area contributed by atoms with Crippen LogP contribution >= 0.6 is 0 Å². The van der Waals surface area contributed by atoms with Crippen molar-refractivity contribution < 1.29 is 17.9 Å². The molecule has 1 aliphatic heterocycles. The zero-order valence-corrected chi connectivity index (χ0v) is 17.8. The van der Waals surface area contributed by atoms with Crippen LogP contribution in [-0.2, 0) is 16.4 Å². The number of rotatable bonds is 7. The number of hydrogen-bond donors (Lipinski definition) is 0. The molecule has 2 aromatic rings. The fraction of sp³-hybridized carbons (Fsp3) is 0.409. The Labute approximate surface area is 173 Å². The molecular formula is C22H28N2O4S. The van der Waals surface area contributed by atoms with Crippen LogP contribution in [-0.4, -0.2) is 68.9 Å². The first kappa shape index (κ1) is 21.3. The predicted octanol–water partition coefficient (Wildman–Crippen LogP) is 2.38. The number of carbonyl (C=O) groups is 1. The van der Waals surface area contributed by atoms with E-state index in [2.05, 4.69) is 11.0 Å². The second-order valence-electron chi connectivity index (χ2n) is 7.57. The Balaban J connectivity index is 1.54. The molecule has 3 rings (SSSR count). The zero-order chi connectivity index (χ0) is 20.9. The normalized spacial score (nSPS) is 15.3. The van der Waals surface area contributed by atoms with Crippen LogP contribution in [0.15, 0.2) is 48.5 Å². The van der Waals surface area contributed by atoms with Crippen molar-refractivity contribution >= 4 is 15.7 Å². The van der Waals surface area contributed by atoms with Crippen LogP contribution in [0.1, 0.15) is 21.5 Å². The van der Waals surface area contributed by atoms with Crippen molar-refractivity contribution in [3.8, 4) is 5.75 Å². The van der Waals surface area contributed by atoms with Crippen LogP contribution in [0, 0.1) is 6.92 Å². The van der Waals surface area contributed by atoms with Crippen molar-refractivity contribution in [3.63, 3.8) is 0 Å². The Morgan fingerprint density at radius 3 is 2.45 bits per heavy atom. The molecule has 0 spiro atoms. The van der Waals surface area contributed by atoms with E-state index >= 15 is 0 Å². The van der Waals surface area contributed by atoms with Gasteiger partial charge in [-0.3, -0.25) is 9.69 Å². The highest BCUT2D eigenvalue weighted by Gasteiger charge is 2.22. The minimum atomic E-state index is -2.97. The summed E-state index contributed by atoms with van der Waals surface area (Å²) in [6.45, 7) is 5.58. The first-order chi connectivity index (χ1) is 13.8. The van der Waals surface area contributed by atoms with Crippen LogP contribution in [0.3, 0.4) is 0 Å². The molecule has 156 valence electrons. The van der Waals surface area contributed by atoms with Crippen molar-refractivity contribution in [3.05, 3.63) is 65.2 Å². The predicted molar refractivity (Wildman–Crippen MR) is 114 cm³/mol. The summed E-state index contributed by atoms with van der Waals surface area (Å²) in [5.41, 5.74) is 2.88. The van der Waals surface area contributed by atoms with Gasteiger partial charge in [-0.25, -0.2) is 8.42 Å². The molecule has 1 saturated heterocycles. The summed E-state index contributed by atoms with van der Waals surface area (Å²) in [4.78, 5) is 16.8. The lowest BCUT2D eigenvalue weighted by atomic mass is 10.1. The number of sulfone groups is 1. The Hall–Kier alpha value is -2.38. The number of piperazine rings is 1. The molecule has 2 aromatic carbocycles. The smallest absolute Gasteiger partial charge is 0.254 e. The van der Waals surface area contributed by atoms with Gasteiger partial charge in [0.2, 0.25) is 0 Å². The Kier molecular flexibility index (Phi) is 6.92. The monoisotopic (exact) mass is 416 g/mol. The molecule has 0 radical (unpaired) electrons. The van der Waals surface area contributed by atoms with Gasteiger partial charge in [0.25, 0.3) is 5.91 Å². The highest BCUT2D eigenvalue weighted by Crippen LogP contribution is 2.18. The third-order valence-corrected chi connectivity index (χ3v) is 5.93. The number of benzene rings is 2. The molecule has 0 N–H and O–H groups in total. The first-order valence-electron chi connectivity index (χ1n) is 9.78. The molecule has 1 amide bonds. The lowest BCUT2D eigenvalue weighted by Gasteiger charge is -2.34. The number of ether oxygens (including phenoxy) is 1. The molecule has 29 heavy (non-hydrogen) atoms. The van der Waals surface area contributed by atoms with Gasteiger partial charge >= 0.3 is 0 Å². The fourth-order valence-electron chi connectivity index (χ4n) is 3.34. The van der Waals surface area contributed by atoms with Crippen LogP contribution in [0.5, 0.6) is 5.75 Å². The molecule has 1 fully saturated rings. The maximum atomic E-state index is 12.9. The third-order valence-electron chi connectivity index (χ3n) is 5.01. The highest BCUT2D eigenvalue weighted by atomic mass is 32.2. The Morgan fingerprint density at radius 2 is 1.76 bits per heavy atom. The summed E-state index contributed by atoms with van der Waals surface area (Å²) in [5, 5.41) is 0. The number of carbonyl (C=O) groups excluding carboxylic acids is 1. The van der Waals surface area contributed by atoms with Crippen LogP contribution in [0.25, 0.3) is 0 Å². The molecular weight excluding hydrogens is 388 g/mol. The number of aryl methyl sites for hydroxylation is 1. The SMILES string of the molecule is Cc1cccc(COc2cccc(C(=O)N3CCN(CCS(C)(=O)=O)CC3)c2)c1.